The highest BCUT2D eigenvalue weighted by atomic mass is 32.1. The monoisotopic (exact) mass is 350 g/mol. The van der Waals surface area contributed by atoms with Crippen molar-refractivity contribution in [3.63, 3.8) is 0 Å². The van der Waals surface area contributed by atoms with Gasteiger partial charge < -0.3 is 24.4 Å². The number of methoxy groups -OCH3 is 1. The highest BCUT2D eigenvalue weighted by Gasteiger charge is 2.29. The zero-order chi connectivity index (χ0) is 16.9. The van der Waals surface area contributed by atoms with E-state index in [-0.39, 0.29) is 12.7 Å². The molecule has 1 aromatic heterocycles. The van der Waals surface area contributed by atoms with Crippen LogP contribution in [-0.4, -0.2) is 42.4 Å². The fourth-order valence-corrected chi connectivity index (χ4v) is 3.61. The normalized spacial score (nSPS) is 23.9. The summed E-state index contributed by atoms with van der Waals surface area (Å²) in [6, 6.07) is 9.86. The molecule has 1 fully saturated rings. The predicted octanol–water partition coefficient (Wildman–Crippen LogP) is 2.58. The van der Waals surface area contributed by atoms with E-state index in [2.05, 4.69) is 0 Å². The molecule has 1 aliphatic rings. The van der Waals surface area contributed by atoms with Gasteiger partial charge in [0.05, 0.1) is 30.8 Å². The molecule has 0 saturated carbocycles. The Balaban J connectivity index is 1.66. The fraction of sp³-hybridized carbons (Fsp3) is 0.444. The molecule has 2 heterocycles. The van der Waals surface area contributed by atoms with Gasteiger partial charge in [-0.3, -0.25) is 0 Å². The molecular formula is C18H22O5S. The summed E-state index contributed by atoms with van der Waals surface area (Å²) >= 11 is 1.63. The van der Waals surface area contributed by atoms with Crippen LogP contribution in [0.4, 0.5) is 0 Å². The first kappa shape index (κ1) is 17.2. The van der Waals surface area contributed by atoms with Gasteiger partial charge in [-0.05, 0) is 29.1 Å². The maximum atomic E-state index is 9.88. The molecule has 0 aliphatic carbocycles. The molecule has 2 aromatic rings. The molecule has 3 atom stereocenters. The summed E-state index contributed by atoms with van der Waals surface area (Å²) < 4.78 is 16.8. The van der Waals surface area contributed by atoms with E-state index < -0.39 is 12.4 Å². The molecule has 0 radical (unpaired) electrons. The van der Waals surface area contributed by atoms with Crippen molar-refractivity contribution in [3.8, 4) is 11.5 Å². The van der Waals surface area contributed by atoms with Crippen LogP contribution in [0.1, 0.15) is 23.3 Å². The lowest BCUT2D eigenvalue weighted by Gasteiger charge is -2.32. The van der Waals surface area contributed by atoms with E-state index in [0.29, 0.717) is 12.8 Å². The third-order valence-electron chi connectivity index (χ3n) is 4.03. The number of benzene rings is 1. The topological polar surface area (TPSA) is 68.2 Å². The Hall–Kier alpha value is -1.60. The first-order valence-electron chi connectivity index (χ1n) is 7.98. The maximum absolute atomic E-state index is 9.88. The molecule has 5 nitrogen and oxygen atoms in total. The molecule has 1 aliphatic heterocycles. The number of hydrogen-bond acceptors (Lipinski definition) is 6. The van der Waals surface area contributed by atoms with Gasteiger partial charge in [0.25, 0.3) is 0 Å². The molecule has 3 unspecified atom stereocenters. The predicted molar refractivity (Wildman–Crippen MR) is 91.7 cm³/mol. The van der Waals surface area contributed by atoms with E-state index in [1.54, 1.807) is 18.4 Å². The molecule has 1 aromatic carbocycles. The fourth-order valence-electron chi connectivity index (χ4n) is 2.77. The molecule has 24 heavy (non-hydrogen) atoms. The minimum Gasteiger partial charge on any atom is -0.497 e. The van der Waals surface area contributed by atoms with Crippen LogP contribution in [0.25, 0.3) is 0 Å². The number of ether oxygens (including phenoxy) is 3. The van der Waals surface area contributed by atoms with Crippen LogP contribution in [0.3, 0.4) is 0 Å². The summed E-state index contributed by atoms with van der Waals surface area (Å²) in [4.78, 5) is 1.10. The first-order valence-corrected chi connectivity index (χ1v) is 8.86. The average molecular weight is 350 g/mol. The van der Waals surface area contributed by atoms with Crippen LogP contribution < -0.4 is 9.47 Å². The van der Waals surface area contributed by atoms with Crippen molar-refractivity contribution in [2.75, 3.05) is 13.7 Å². The van der Waals surface area contributed by atoms with Crippen molar-refractivity contribution in [3.05, 3.63) is 46.2 Å². The molecule has 2 N–H and O–H groups in total. The van der Waals surface area contributed by atoms with Crippen LogP contribution in [0.5, 0.6) is 11.5 Å². The van der Waals surface area contributed by atoms with Crippen LogP contribution in [-0.2, 0) is 11.2 Å². The van der Waals surface area contributed by atoms with Gasteiger partial charge in [-0.15, -0.1) is 11.3 Å². The van der Waals surface area contributed by atoms with Crippen LogP contribution in [0.2, 0.25) is 0 Å². The lowest BCUT2D eigenvalue weighted by molar-refractivity contribution is -0.184. The summed E-state index contributed by atoms with van der Waals surface area (Å²) in [5.41, 5.74) is 1.17. The van der Waals surface area contributed by atoms with Gasteiger partial charge in [0.15, 0.2) is 0 Å². The van der Waals surface area contributed by atoms with Gasteiger partial charge in [-0.2, -0.15) is 0 Å². The van der Waals surface area contributed by atoms with Crippen molar-refractivity contribution in [2.24, 2.45) is 0 Å². The first-order chi connectivity index (χ1) is 11.7. The molecule has 1 saturated heterocycles. The van der Waals surface area contributed by atoms with Crippen molar-refractivity contribution in [1.29, 1.82) is 0 Å². The van der Waals surface area contributed by atoms with E-state index in [9.17, 15) is 10.2 Å². The smallest absolute Gasteiger partial charge is 0.202 e. The molecular weight excluding hydrogens is 328 g/mol. The van der Waals surface area contributed by atoms with Crippen LogP contribution in [0.15, 0.2) is 35.7 Å². The second kappa shape index (κ2) is 7.98. The molecule has 0 amide bonds. The number of thiophene rings is 1. The van der Waals surface area contributed by atoms with E-state index in [4.69, 9.17) is 14.2 Å². The van der Waals surface area contributed by atoms with E-state index in [0.717, 1.165) is 22.8 Å². The second-order valence-electron chi connectivity index (χ2n) is 5.85. The Kier molecular flexibility index (Phi) is 5.73. The molecule has 3 rings (SSSR count). The lowest BCUT2D eigenvalue weighted by atomic mass is 10.1. The van der Waals surface area contributed by atoms with Gasteiger partial charge in [0, 0.05) is 19.3 Å². The largest absolute Gasteiger partial charge is 0.497 e. The van der Waals surface area contributed by atoms with Crippen molar-refractivity contribution >= 4 is 11.3 Å². The number of hydrogen-bond donors (Lipinski definition) is 2. The Labute approximate surface area is 145 Å². The zero-order valence-corrected chi connectivity index (χ0v) is 14.4. The highest BCUT2D eigenvalue weighted by Crippen LogP contribution is 2.31. The van der Waals surface area contributed by atoms with Crippen LogP contribution in [0, 0.1) is 0 Å². The van der Waals surface area contributed by atoms with Gasteiger partial charge in [0.2, 0.25) is 6.29 Å². The Morgan fingerprint density at radius 3 is 2.71 bits per heavy atom. The van der Waals surface area contributed by atoms with Gasteiger partial charge >= 0.3 is 0 Å². The standard InChI is InChI=1S/C18H22O5S/c1-21-14-4-2-12(3-5-14)8-17-16(6-7-24-17)23-18-10-13(20)9-15(11-19)22-18/h2-7,13,15,18-20H,8-11H2,1H3. The zero-order valence-electron chi connectivity index (χ0n) is 13.6. The minimum absolute atomic E-state index is 0.112. The van der Waals surface area contributed by atoms with E-state index in [1.807, 2.05) is 35.7 Å². The van der Waals surface area contributed by atoms with E-state index >= 15 is 0 Å². The second-order valence-corrected chi connectivity index (χ2v) is 6.85. The van der Waals surface area contributed by atoms with Gasteiger partial charge in [0.1, 0.15) is 11.5 Å². The number of rotatable bonds is 6. The van der Waals surface area contributed by atoms with Crippen molar-refractivity contribution in [2.45, 2.75) is 37.8 Å². The van der Waals surface area contributed by atoms with Gasteiger partial charge in [-0.1, -0.05) is 12.1 Å². The average Bonchev–Trinajstić information content (AvgIpc) is 3.01. The molecule has 6 heteroatoms. The third kappa shape index (κ3) is 4.27. The summed E-state index contributed by atoms with van der Waals surface area (Å²) in [7, 11) is 1.65. The Morgan fingerprint density at radius 2 is 2.00 bits per heavy atom. The Morgan fingerprint density at radius 1 is 1.21 bits per heavy atom. The molecule has 0 spiro atoms. The van der Waals surface area contributed by atoms with Crippen molar-refractivity contribution < 1.29 is 24.4 Å². The number of aliphatic hydroxyl groups is 2. The SMILES string of the molecule is COc1ccc(Cc2sccc2OC2CC(O)CC(CO)O2)cc1. The third-order valence-corrected chi connectivity index (χ3v) is 4.94. The molecule has 0 bridgehead atoms. The quantitative estimate of drug-likeness (QED) is 0.838. The maximum Gasteiger partial charge on any atom is 0.202 e. The lowest BCUT2D eigenvalue weighted by Crippen LogP contribution is -2.40. The summed E-state index contributed by atoms with van der Waals surface area (Å²) in [5.74, 6) is 1.60. The van der Waals surface area contributed by atoms with Crippen LogP contribution >= 0.6 is 11.3 Å². The van der Waals surface area contributed by atoms with Gasteiger partial charge in [-0.25, -0.2) is 0 Å². The summed E-state index contributed by atoms with van der Waals surface area (Å²) in [6.45, 7) is -0.112. The minimum atomic E-state index is -0.532. The highest BCUT2D eigenvalue weighted by molar-refractivity contribution is 7.10. The summed E-state index contributed by atoms with van der Waals surface area (Å²) in [6.07, 6.45) is 0.199. The van der Waals surface area contributed by atoms with Crippen molar-refractivity contribution in [1.82, 2.24) is 0 Å². The Bertz CT molecular complexity index is 639. The molecule has 130 valence electrons. The number of aliphatic hydroxyl groups excluding tert-OH is 2. The van der Waals surface area contributed by atoms with E-state index in [1.165, 1.54) is 5.56 Å². The summed E-state index contributed by atoms with van der Waals surface area (Å²) in [5, 5.41) is 21.1.